The zero-order chi connectivity index (χ0) is 21.7. The van der Waals surface area contributed by atoms with E-state index in [1.807, 2.05) is 35.2 Å². The number of hydrogen-bond acceptors (Lipinski definition) is 4. The van der Waals surface area contributed by atoms with Gasteiger partial charge in [0.2, 0.25) is 0 Å². The first-order valence-corrected chi connectivity index (χ1v) is 12.8. The third-order valence-corrected chi connectivity index (χ3v) is 7.49. The largest absolute Gasteiger partial charge is 0.392 e. The van der Waals surface area contributed by atoms with Gasteiger partial charge in [-0.1, -0.05) is 31.9 Å². The molecule has 2 unspecified atom stereocenters. The third kappa shape index (κ3) is 5.25. The number of thioether (sulfide) groups is 1. The standard InChI is InChI=1S/C23H30N2O3S2/c1-4-5-8-18(26)16-29-19-11-12-21-17(15-19)13-14-25(21)23(27)20-9-6-7-10-22(20)24(2)30(3)28/h6-7,9-12,15,18,26H,4-5,8,13-14,16H2,1-3H3. The number of rotatable bonds is 9. The summed E-state index contributed by atoms with van der Waals surface area (Å²) in [4.78, 5) is 16.3. The number of fused-ring (bicyclic) bond motifs is 1. The van der Waals surface area contributed by atoms with Gasteiger partial charge in [-0.15, -0.1) is 11.8 Å². The molecule has 1 N–H and O–H groups in total. The second kappa shape index (κ2) is 10.5. The van der Waals surface area contributed by atoms with Crippen molar-refractivity contribution in [2.75, 3.05) is 34.8 Å². The van der Waals surface area contributed by atoms with Crippen LogP contribution in [0.5, 0.6) is 0 Å². The first-order valence-electron chi connectivity index (χ1n) is 10.3. The summed E-state index contributed by atoms with van der Waals surface area (Å²) in [5.41, 5.74) is 3.32. The first kappa shape index (κ1) is 22.8. The first-order chi connectivity index (χ1) is 14.4. The molecule has 0 bridgehead atoms. The number of benzene rings is 2. The minimum Gasteiger partial charge on any atom is -0.392 e. The fourth-order valence-electron chi connectivity index (χ4n) is 3.61. The highest BCUT2D eigenvalue weighted by Crippen LogP contribution is 2.34. The van der Waals surface area contributed by atoms with Gasteiger partial charge in [-0.2, -0.15) is 0 Å². The molecule has 0 aromatic heterocycles. The summed E-state index contributed by atoms with van der Waals surface area (Å²) in [5.74, 6) is 0.618. The molecule has 3 rings (SSSR count). The Morgan fingerprint density at radius 2 is 2.07 bits per heavy atom. The van der Waals surface area contributed by atoms with E-state index in [1.54, 1.807) is 35.4 Å². The monoisotopic (exact) mass is 446 g/mol. The molecule has 2 atom stereocenters. The van der Waals surface area contributed by atoms with Crippen molar-refractivity contribution < 1.29 is 14.1 Å². The van der Waals surface area contributed by atoms with E-state index in [9.17, 15) is 14.1 Å². The molecule has 1 heterocycles. The van der Waals surface area contributed by atoms with Crippen molar-refractivity contribution in [3.63, 3.8) is 0 Å². The lowest BCUT2D eigenvalue weighted by molar-refractivity contribution is 0.0990. The van der Waals surface area contributed by atoms with Crippen LogP contribution in [0.2, 0.25) is 0 Å². The highest BCUT2D eigenvalue weighted by atomic mass is 32.2. The van der Waals surface area contributed by atoms with Gasteiger partial charge in [-0.05, 0) is 48.7 Å². The summed E-state index contributed by atoms with van der Waals surface area (Å²) < 4.78 is 13.6. The lowest BCUT2D eigenvalue weighted by Gasteiger charge is -2.23. The van der Waals surface area contributed by atoms with Crippen LogP contribution in [0.4, 0.5) is 11.4 Å². The maximum absolute atomic E-state index is 13.3. The molecule has 0 saturated carbocycles. The predicted octanol–water partition coefficient (Wildman–Crippen LogP) is 4.26. The smallest absolute Gasteiger partial charge is 0.260 e. The predicted molar refractivity (Wildman–Crippen MR) is 127 cm³/mol. The van der Waals surface area contributed by atoms with Crippen molar-refractivity contribution in [1.82, 2.24) is 0 Å². The molecule has 1 aliphatic heterocycles. The quantitative estimate of drug-likeness (QED) is 0.585. The number of carbonyl (C=O) groups is 1. The normalized spacial score (nSPS) is 15.0. The van der Waals surface area contributed by atoms with Gasteiger partial charge in [0.05, 0.1) is 17.4 Å². The van der Waals surface area contributed by atoms with Crippen molar-refractivity contribution in [3.8, 4) is 0 Å². The van der Waals surface area contributed by atoms with Crippen LogP contribution in [0, 0.1) is 0 Å². The molecule has 2 aromatic carbocycles. The van der Waals surface area contributed by atoms with E-state index in [2.05, 4.69) is 13.0 Å². The molecule has 162 valence electrons. The number of anilines is 2. The lowest BCUT2D eigenvalue weighted by Crippen LogP contribution is -2.31. The Labute approximate surface area is 186 Å². The average molecular weight is 447 g/mol. The summed E-state index contributed by atoms with van der Waals surface area (Å²) in [6.07, 6.45) is 5.12. The topological polar surface area (TPSA) is 60.9 Å². The lowest BCUT2D eigenvalue weighted by atomic mass is 10.1. The van der Waals surface area contributed by atoms with Crippen molar-refractivity contribution >= 4 is 40.0 Å². The van der Waals surface area contributed by atoms with Crippen molar-refractivity contribution in [3.05, 3.63) is 53.6 Å². The van der Waals surface area contributed by atoms with Crippen LogP contribution >= 0.6 is 11.8 Å². The number of aliphatic hydroxyl groups is 1. The molecule has 30 heavy (non-hydrogen) atoms. The molecule has 0 fully saturated rings. The van der Waals surface area contributed by atoms with Crippen LogP contribution in [0.3, 0.4) is 0 Å². The highest BCUT2D eigenvalue weighted by Gasteiger charge is 2.28. The fourth-order valence-corrected chi connectivity index (χ4v) is 4.98. The molecule has 2 aromatic rings. The van der Waals surface area contributed by atoms with E-state index in [0.717, 1.165) is 41.8 Å². The van der Waals surface area contributed by atoms with Gasteiger partial charge in [0.15, 0.2) is 0 Å². The summed E-state index contributed by atoms with van der Waals surface area (Å²) in [6, 6.07) is 13.5. The maximum atomic E-state index is 13.3. The summed E-state index contributed by atoms with van der Waals surface area (Å²) in [6.45, 7) is 2.76. The molecule has 1 amide bonds. The Morgan fingerprint density at radius 1 is 1.30 bits per heavy atom. The SMILES string of the molecule is CCCCC(O)CSc1ccc2c(c1)CCN2C(=O)c1ccccc1N(C)S(C)=O. The van der Waals surface area contributed by atoms with Crippen LogP contribution in [0.1, 0.15) is 42.1 Å². The van der Waals surface area contributed by atoms with Gasteiger partial charge in [-0.25, -0.2) is 4.21 Å². The van der Waals surface area contributed by atoms with Gasteiger partial charge in [0.25, 0.3) is 5.91 Å². The molecule has 0 saturated heterocycles. The van der Waals surface area contributed by atoms with Gasteiger partial charge in [0, 0.05) is 36.2 Å². The number of aliphatic hydroxyl groups excluding tert-OH is 1. The number of unbranched alkanes of at least 4 members (excludes halogenated alkanes) is 1. The molecule has 0 aliphatic carbocycles. The number of amides is 1. The van der Waals surface area contributed by atoms with Gasteiger partial charge < -0.3 is 10.0 Å². The second-order valence-electron chi connectivity index (χ2n) is 7.54. The fraction of sp³-hybridized carbons (Fsp3) is 0.435. The molecule has 1 aliphatic rings. The van der Waals surface area contributed by atoms with Crippen molar-refractivity contribution in [2.45, 2.75) is 43.6 Å². The Hall–Kier alpha value is -1.83. The Bertz CT molecular complexity index is 919. The average Bonchev–Trinajstić information content (AvgIpc) is 3.18. The van der Waals surface area contributed by atoms with Gasteiger partial charge in [-0.3, -0.25) is 9.10 Å². The molecule has 0 spiro atoms. The number of para-hydroxylation sites is 1. The van der Waals surface area contributed by atoms with Crippen molar-refractivity contribution in [2.24, 2.45) is 0 Å². The Morgan fingerprint density at radius 3 is 2.80 bits per heavy atom. The van der Waals surface area contributed by atoms with Crippen LogP contribution in [-0.4, -0.2) is 46.9 Å². The Kier molecular flexibility index (Phi) is 7.97. The van der Waals surface area contributed by atoms with E-state index in [-0.39, 0.29) is 12.0 Å². The van der Waals surface area contributed by atoms with Gasteiger partial charge in [0.1, 0.15) is 11.0 Å². The molecule has 0 radical (unpaired) electrons. The molecule has 5 nitrogen and oxygen atoms in total. The van der Waals surface area contributed by atoms with Crippen LogP contribution in [0.15, 0.2) is 47.4 Å². The minimum atomic E-state index is -1.21. The summed E-state index contributed by atoms with van der Waals surface area (Å²) >= 11 is 1.67. The molecular formula is C23H30N2O3S2. The minimum absolute atomic E-state index is 0.0722. The van der Waals surface area contributed by atoms with E-state index >= 15 is 0 Å². The van der Waals surface area contributed by atoms with E-state index < -0.39 is 11.0 Å². The second-order valence-corrected chi connectivity index (χ2v) is 10.0. The van der Waals surface area contributed by atoms with E-state index in [4.69, 9.17) is 0 Å². The van der Waals surface area contributed by atoms with E-state index in [0.29, 0.717) is 23.5 Å². The molecule has 7 heteroatoms. The maximum Gasteiger partial charge on any atom is 0.260 e. The Balaban J connectivity index is 1.75. The number of hydrogen-bond donors (Lipinski definition) is 1. The number of nitrogens with zero attached hydrogens (tertiary/aromatic N) is 2. The van der Waals surface area contributed by atoms with Crippen LogP contribution < -0.4 is 9.21 Å². The zero-order valence-electron chi connectivity index (χ0n) is 17.8. The van der Waals surface area contributed by atoms with Crippen LogP contribution in [-0.2, 0) is 17.4 Å². The molecular weight excluding hydrogens is 416 g/mol. The summed E-state index contributed by atoms with van der Waals surface area (Å²) in [7, 11) is 0.527. The van der Waals surface area contributed by atoms with E-state index in [1.165, 1.54) is 0 Å². The highest BCUT2D eigenvalue weighted by molar-refractivity contribution is 7.99. The third-order valence-electron chi connectivity index (χ3n) is 5.38. The number of carbonyl (C=O) groups excluding carboxylic acids is 1. The zero-order valence-corrected chi connectivity index (χ0v) is 19.5. The van der Waals surface area contributed by atoms with Crippen molar-refractivity contribution in [1.29, 1.82) is 0 Å². The van der Waals surface area contributed by atoms with Crippen LogP contribution in [0.25, 0.3) is 0 Å². The van der Waals surface area contributed by atoms with Gasteiger partial charge >= 0.3 is 0 Å². The summed E-state index contributed by atoms with van der Waals surface area (Å²) in [5, 5.41) is 10.1.